The van der Waals surface area contributed by atoms with Crippen LogP contribution in [0.15, 0.2) is 53.3 Å². The van der Waals surface area contributed by atoms with Gasteiger partial charge in [0.25, 0.3) is 11.5 Å². The summed E-state index contributed by atoms with van der Waals surface area (Å²) in [6.45, 7) is 1.82. The van der Waals surface area contributed by atoms with Gasteiger partial charge in [-0.15, -0.1) is 0 Å². The van der Waals surface area contributed by atoms with E-state index in [-0.39, 0.29) is 11.1 Å². The molecule has 0 bridgehead atoms. The predicted octanol–water partition coefficient (Wildman–Crippen LogP) is 1.70. The van der Waals surface area contributed by atoms with Crippen molar-refractivity contribution in [2.75, 3.05) is 11.9 Å². The minimum atomic E-state index is -0.800. The van der Waals surface area contributed by atoms with Gasteiger partial charge in [0, 0.05) is 11.1 Å². The maximum absolute atomic E-state index is 12.6. The number of primary amides is 1. The molecule has 9 nitrogen and oxygen atoms in total. The molecule has 0 saturated carbocycles. The van der Waals surface area contributed by atoms with Crippen molar-refractivity contribution >= 4 is 34.2 Å². The van der Waals surface area contributed by atoms with Crippen LogP contribution in [0.1, 0.15) is 34.2 Å². The number of fused-ring (bicyclic) bond motifs is 1. The van der Waals surface area contributed by atoms with Gasteiger partial charge in [-0.2, -0.15) is 5.10 Å². The summed E-state index contributed by atoms with van der Waals surface area (Å²) in [6.07, 6.45) is 0.722. The minimum Gasteiger partial charge on any atom is -0.462 e. The highest BCUT2D eigenvalue weighted by Gasteiger charge is 2.16. The van der Waals surface area contributed by atoms with Crippen LogP contribution in [-0.4, -0.2) is 34.2 Å². The highest BCUT2D eigenvalue weighted by Crippen LogP contribution is 2.13. The lowest BCUT2D eigenvalue weighted by Crippen LogP contribution is -2.32. The smallest absolute Gasteiger partial charge is 0.338 e. The lowest BCUT2D eigenvalue weighted by molar-refractivity contribution is -0.117. The molecular weight excluding hydrogens is 388 g/mol. The molecule has 1 aromatic heterocycles. The van der Waals surface area contributed by atoms with Crippen molar-refractivity contribution in [1.29, 1.82) is 0 Å². The van der Waals surface area contributed by atoms with E-state index < -0.39 is 29.9 Å². The van der Waals surface area contributed by atoms with E-state index in [9.17, 15) is 19.2 Å². The largest absolute Gasteiger partial charge is 0.462 e. The highest BCUT2D eigenvalue weighted by atomic mass is 16.5. The molecule has 3 rings (SSSR count). The van der Waals surface area contributed by atoms with Crippen LogP contribution >= 0.6 is 0 Å². The molecule has 0 aliphatic carbocycles. The number of benzene rings is 2. The maximum Gasteiger partial charge on any atom is 0.338 e. The highest BCUT2D eigenvalue weighted by molar-refractivity contribution is 6.04. The third kappa shape index (κ3) is 4.52. The number of carbonyl (C=O) groups is 3. The monoisotopic (exact) mass is 408 g/mol. The van der Waals surface area contributed by atoms with Crippen LogP contribution in [0.3, 0.4) is 0 Å². The molecule has 0 aliphatic heterocycles. The van der Waals surface area contributed by atoms with Crippen LogP contribution in [0.4, 0.5) is 5.69 Å². The zero-order chi connectivity index (χ0) is 21.7. The molecule has 0 unspecified atom stereocenters. The van der Waals surface area contributed by atoms with Crippen LogP contribution < -0.4 is 16.6 Å². The fourth-order valence-electron chi connectivity index (χ4n) is 2.83. The molecule has 0 aliphatic rings. The Kier molecular flexibility index (Phi) is 6.21. The zero-order valence-electron chi connectivity index (χ0n) is 16.3. The van der Waals surface area contributed by atoms with Gasteiger partial charge in [0.05, 0.1) is 17.6 Å². The van der Waals surface area contributed by atoms with Crippen LogP contribution in [-0.2, 0) is 16.1 Å². The third-order valence-electron chi connectivity index (χ3n) is 4.24. The number of ether oxygens (including phenoxy) is 1. The van der Waals surface area contributed by atoms with Gasteiger partial charge in [-0.05, 0) is 36.8 Å². The Bertz CT molecular complexity index is 1170. The van der Waals surface area contributed by atoms with Gasteiger partial charge in [0.2, 0.25) is 5.91 Å². The second-order valence-corrected chi connectivity index (χ2v) is 6.48. The molecule has 0 saturated heterocycles. The van der Waals surface area contributed by atoms with Gasteiger partial charge in [-0.25, -0.2) is 9.48 Å². The molecule has 154 valence electrons. The number of nitrogens with one attached hydrogen (secondary N) is 1. The second-order valence-electron chi connectivity index (χ2n) is 6.48. The maximum atomic E-state index is 12.6. The summed E-state index contributed by atoms with van der Waals surface area (Å²) in [5.74, 6) is -1.77. The standard InChI is InChI=1S/C21H20N4O5/c1-2-11-30-21(29)13-7-9-14(10-8-13)23-17(26)12-25-20(28)16-6-4-3-5-15(16)18(24-25)19(22)27/h3-10H,2,11-12H2,1H3,(H2,22,27)(H,23,26). The van der Waals surface area contributed by atoms with Gasteiger partial charge >= 0.3 is 5.97 Å². The first-order valence-corrected chi connectivity index (χ1v) is 9.27. The number of aromatic nitrogens is 2. The number of esters is 1. The molecule has 0 spiro atoms. The minimum absolute atomic E-state index is 0.0899. The number of amides is 2. The fraction of sp³-hybridized carbons (Fsp3) is 0.190. The zero-order valence-corrected chi connectivity index (χ0v) is 16.3. The summed E-state index contributed by atoms with van der Waals surface area (Å²) in [4.78, 5) is 48.5. The second kappa shape index (κ2) is 8.99. The van der Waals surface area contributed by atoms with Crippen molar-refractivity contribution in [3.63, 3.8) is 0 Å². The number of nitrogens with two attached hydrogens (primary N) is 1. The Morgan fingerprint density at radius 2 is 1.73 bits per heavy atom. The Morgan fingerprint density at radius 3 is 2.37 bits per heavy atom. The third-order valence-corrected chi connectivity index (χ3v) is 4.24. The van der Waals surface area contributed by atoms with Crippen molar-refractivity contribution < 1.29 is 19.1 Å². The SMILES string of the molecule is CCCOC(=O)c1ccc(NC(=O)Cn2nc(C(N)=O)c3ccccc3c2=O)cc1. The van der Waals surface area contributed by atoms with Gasteiger partial charge < -0.3 is 15.8 Å². The van der Waals surface area contributed by atoms with Gasteiger partial charge in [0.15, 0.2) is 5.69 Å². The molecule has 2 amide bonds. The lowest BCUT2D eigenvalue weighted by atomic mass is 10.1. The first-order chi connectivity index (χ1) is 14.4. The number of rotatable bonds is 7. The quantitative estimate of drug-likeness (QED) is 0.572. The van der Waals surface area contributed by atoms with E-state index in [0.717, 1.165) is 11.1 Å². The number of hydrogen-bond donors (Lipinski definition) is 2. The van der Waals surface area contributed by atoms with Crippen LogP contribution in [0.2, 0.25) is 0 Å². The molecule has 0 fully saturated rings. The molecular formula is C21H20N4O5. The molecule has 30 heavy (non-hydrogen) atoms. The normalized spacial score (nSPS) is 10.6. The van der Waals surface area contributed by atoms with Crippen molar-refractivity contribution in [3.8, 4) is 0 Å². The van der Waals surface area contributed by atoms with Crippen molar-refractivity contribution in [1.82, 2.24) is 9.78 Å². The molecule has 1 heterocycles. The van der Waals surface area contributed by atoms with E-state index in [0.29, 0.717) is 23.2 Å². The number of anilines is 1. The van der Waals surface area contributed by atoms with E-state index in [4.69, 9.17) is 10.5 Å². The van der Waals surface area contributed by atoms with E-state index >= 15 is 0 Å². The van der Waals surface area contributed by atoms with Crippen molar-refractivity contribution in [2.24, 2.45) is 5.73 Å². The lowest BCUT2D eigenvalue weighted by Gasteiger charge is -2.10. The Hall–Kier alpha value is -4.01. The van der Waals surface area contributed by atoms with Gasteiger partial charge in [-0.1, -0.05) is 25.1 Å². The summed E-state index contributed by atoms with van der Waals surface area (Å²) in [5.41, 5.74) is 5.55. The van der Waals surface area contributed by atoms with Crippen molar-refractivity contribution in [2.45, 2.75) is 19.9 Å². The van der Waals surface area contributed by atoms with Crippen molar-refractivity contribution in [3.05, 3.63) is 70.1 Å². The summed E-state index contributed by atoms with van der Waals surface area (Å²) in [6, 6.07) is 12.6. The molecule has 2 aromatic carbocycles. The molecule has 0 atom stereocenters. The molecule has 3 aromatic rings. The van der Waals surface area contributed by atoms with Crippen LogP contribution in [0.5, 0.6) is 0 Å². The topological polar surface area (TPSA) is 133 Å². The number of nitrogens with zero attached hydrogens (tertiary/aromatic N) is 2. The van der Waals surface area contributed by atoms with E-state index in [1.165, 1.54) is 18.2 Å². The Balaban J connectivity index is 1.77. The Labute approximate surface area is 171 Å². The Morgan fingerprint density at radius 1 is 1.07 bits per heavy atom. The average Bonchev–Trinajstić information content (AvgIpc) is 2.74. The van der Waals surface area contributed by atoms with E-state index in [1.54, 1.807) is 30.3 Å². The molecule has 3 N–H and O–H groups in total. The van der Waals surface area contributed by atoms with Gasteiger partial charge in [0.1, 0.15) is 6.54 Å². The molecule has 9 heteroatoms. The fourth-order valence-corrected chi connectivity index (χ4v) is 2.83. The van der Waals surface area contributed by atoms with Crippen LogP contribution in [0.25, 0.3) is 10.8 Å². The summed E-state index contributed by atoms with van der Waals surface area (Å²) in [7, 11) is 0. The predicted molar refractivity (Wildman–Crippen MR) is 110 cm³/mol. The van der Waals surface area contributed by atoms with Gasteiger partial charge in [-0.3, -0.25) is 14.4 Å². The average molecular weight is 408 g/mol. The first kappa shape index (κ1) is 20.7. The van der Waals surface area contributed by atoms with E-state index in [2.05, 4.69) is 10.4 Å². The first-order valence-electron chi connectivity index (χ1n) is 9.27. The summed E-state index contributed by atoms with van der Waals surface area (Å²) >= 11 is 0. The summed E-state index contributed by atoms with van der Waals surface area (Å²) < 4.78 is 5.94. The van der Waals surface area contributed by atoms with Crippen LogP contribution in [0, 0.1) is 0 Å². The molecule has 0 radical (unpaired) electrons. The number of hydrogen-bond acceptors (Lipinski definition) is 6. The summed E-state index contributed by atoms with van der Waals surface area (Å²) in [5, 5.41) is 7.14. The number of carbonyl (C=O) groups excluding carboxylic acids is 3. The van der Waals surface area contributed by atoms with E-state index in [1.807, 2.05) is 6.92 Å².